The van der Waals surface area contributed by atoms with Crippen LogP contribution in [0.1, 0.15) is 32.2 Å². The molecule has 0 fully saturated rings. The number of alkyl carbamates (subject to hydrolysis) is 1. The van der Waals surface area contributed by atoms with Gasteiger partial charge in [-0.05, 0) is 48.9 Å². The fourth-order valence-corrected chi connectivity index (χ4v) is 1.95. The maximum atomic E-state index is 13.2. The lowest BCUT2D eigenvalue weighted by atomic mass is 10.2. The minimum absolute atomic E-state index is 0.0315. The van der Waals surface area contributed by atoms with Crippen LogP contribution in [0.5, 0.6) is 0 Å². The summed E-state index contributed by atoms with van der Waals surface area (Å²) in [5.41, 5.74) is 0.156. The second-order valence-electron chi connectivity index (χ2n) is 5.86. The SMILES string of the molecule is CC(C)(C)OC(=O)NCc1nnnn1Cc1ccc(F)c(Cl)c1. The number of carbonyl (C=O) groups excluding carboxylic acids is 1. The molecule has 7 nitrogen and oxygen atoms in total. The largest absolute Gasteiger partial charge is 0.444 e. The standard InChI is InChI=1S/C14H17ClFN5O2/c1-14(2,3)23-13(22)17-7-12-18-19-20-21(12)8-9-4-5-11(16)10(15)6-9/h4-6H,7-8H2,1-3H3,(H,17,22). The molecule has 0 bridgehead atoms. The molecule has 0 atom stereocenters. The summed E-state index contributed by atoms with van der Waals surface area (Å²) in [5.74, 6) is -0.0461. The van der Waals surface area contributed by atoms with Crippen molar-refractivity contribution < 1.29 is 13.9 Å². The predicted octanol–water partition coefficient (Wildman–Crippen LogP) is 2.54. The van der Waals surface area contributed by atoms with Gasteiger partial charge in [0.25, 0.3) is 0 Å². The minimum Gasteiger partial charge on any atom is -0.444 e. The van der Waals surface area contributed by atoms with E-state index in [-0.39, 0.29) is 11.6 Å². The Hall–Kier alpha value is -2.22. The Morgan fingerprint density at radius 2 is 2.17 bits per heavy atom. The van der Waals surface area contributed by atoms with Crippen molar-refractivity contribution >= 4 is 17.7 Å². The quantitative estimate of drug-likeness (QED) is 0.924. The van der Waals surface area contributed by atoms with Gasteiger partial charge in [-0.25, -0.2) is 13.9 Å². The number of ether oxygens (including phenoxy) is 1. The van der Waals surface area contributed by atoms with Gasteiger partial charge in [0.1, 0.15) is 11.4 Å². The van der Waals surface area contributed by atoms with Gasteiger partial charge in [-0.1, -0.05) is 17.7 Å². The monoisotopic (exact) mass is 341 g/mol. The molecule has 0 radical (unpaired) electrons. The normalized spacial score (nSPS) is 11.3. The fraction of sp³-hybridized carbons (Fsp3) is 0.429. The molecule has 1 aromatic heterocycles. The van der Waals surface area contributed by atoms with Crippen LogP contribution in [0.4, 0.5) is 9.18 Å². The molecule has 0 spiro atoms. The molecule has 124 valence electrons. The number of hydrogen-bond acceptors (Lipinski definition) is 5. The summed E-state index contributed by atoms with van der Waals surface area (Å²) < 4.78 is 19.8. The van der Waals surface area contributed by atoms with Gasteiger partial charge in [0.05, 0.1) is 18.1 Å². The Balaban J connectivity index is 1.99. The first-order chi connectivity index (χ1) is 10.7. The second-order valence-corrected chi connectivity index (χ2v) is 6.26. The smallest absolute Gasteiger partial charge is 0.408 e. The molecule has 0 aliphatic heterocycles. The molecule has 1 heterocycles. The molecule has 0 saturated heterocycles. The van der Waals surface area contributed by atoms with Crippen molar-refractivity contribution in [2.24, 2.45) is 0 Å². The van der Waals surface area contributed by atoms with E-state index in [0.29, 0.717) is 12.4 Å². The van der Waals surface area contributed by atoms with Crippen LogP contribution in [-0.4, -0.2) is 31.9 Å². The van der Waals surface area contributed by atoms with E-state index in [0.717, 1.165) is 5.56 Å². The Morgan fingerprint density at radius 3 is 2.83 bits per heavy atom. The van der Waals surface area contributed by atoms with Crippen molar-refractivity contribution in [3.8, 4) is 0 Å². The number of benzene rings is 1. The van der Waals surface area contributed by atoms with E-state index in [2.05, 4.69) is 20.8 Å². The number of tetrazole rings is 1. The maximum Gasteiger partial charge on any atom is 0.408 e. The molecular weight excluding hydrogens is 325 g/mol. The van der Waals surface area contributed by atoms with E-state index >= 15 is 0 Å². The molecular formula is C14H17ClFN5O2. The first-order valence-electron chi connectivity index (χ1n) is 6.90. The average molecular weight is 342 g/mol. The van der Waals surface area contributed by atoms with Crippen molar-refractivity contribution in [3.63, 3.8) is 0 Å². The van der Waals surface area contributed by atoms with Gasteiger partial charge in [0.2, 0.25) is 0 Å². The molecule has 23 heavy (non-hydrogen) atoms. The predicted molar refractivity (Wildman–Crippen MR) is 81.4 cm³/mol. The number of amides is 1. The summed E-state index contributed by atoms with van der Waals surface area (Å²) in [6.45, 7) is 5.73. The number of nitrogens with one attached hydrogen (secondary N) is 1. The lowest BCUT2D eigenvalue weighted by Crippen LogP contribution is -2.32. The molecule has 0 aliphatic carbocycles. The van der Waals surface area contributed by atoms with E-state index < -0.39 is 17.5 Å². The molecule has 0 unspecified atom stereocenters. The topological polar surface area (TPSA) is 81.9 Å². The van der Waals surface area contributed by atoms with Crippen molar-refractivity contribution in [2.45, 2.75) is 39.5 Å². The zero-order chi connectivity index (χ0) is 17.0. The van der Waals surface area contributed by atoms with E-state index in [4.69, 9.17) is 16.3 Å². The lowest BCUT2D eigenvalue weighted by molar-refractivity contribution is 0.0521. The molecule has 1 amide bonds. The number of rotatable bonds is 4. The minimum atomic E-state index is -0.582. The van der Waals surface area contributed by atoms with Crippen LogP contribution in [0.3, 0.4) is 0 Å². The van der Waals surface area contributed by atoms with Crippen LogP contribution in [0, 0.1) is 5.82 Å². The highest BCUT2D eigenvalue weighted by Crippen LogP contribution is 2.16. The number of halogens is 2. The van der Waals surface area contributed by atoms with Gasteiger partial charge in [-0.15, -0.1) is 5.10 Å². The summed E-state index contributed by atoms with van der Waals surface area (Å²) in [4.78, 5) is 11.6. The van der Waals surface area contributed by atoms with Crippen LogP contribution < -0.4 is 5.32 Å². The molecule has 2 rings (SSSR count). The van der Waals surface area contributed by atoms with E-state index in [9.17, 15) is 9.18 Å². The second kappa shape index (κ2) is 6.91. The third-order valence-electron chi connectivity index (χ3n) is 2.71. The number of aromatic nitrogens is 4. The summed E-state index contributed by atoms with van der Waals surface area (Å²) in [6, 6.07) is 4.37. The zero-order valence-electron chi connectivity index (χ0n) is 13.0. The molecule has 1 aromatic carbocycles. The molecule has 0 aliphatic rings. The van der Waals surface area contributed by atoms with Crippen molar-refractivity contribution in [1.29, 1.82) is 0 Å². The van der Waals surface area contributed by atoms with Crippen LogP contribution in [-0.2, 0) is 17.8 Å². The van der Waals surface area contributed by atoms with E-state index in [1.165, 1.54) is 16.8 Å². The van der Waals surface area contributed by atoms with Gasteiger partial charge in [-0.3, -0.25) is 0 Å². The van der Waals surface area contributed by atoms with E-state index in [1.807, 2.05) is 0 Å². The summed E-state index contributed by atoms with van der Waals surface area (Å²) in [6.07, 6.45) is -0.558. The summed E-state index contributed by atoms with van der Waals surface area (Å²) in [5, 5.41) is 13.9. The Labute approximate surface area is 137 Å². The third-order valence-corrected chi connectivity index (χ3v) is 3.00. The van der Waals surface area contributed by atoms with Crippen molar-refractivity contribution in [1.82, 2.24) is 25.5 Å². The average Bonchev–Trinajstić information content (AvgIpc) is 2.86. The first-order valence-corrected chi connectivity index (χ1v) is 7.28. The highest BCUT2D eigenvalue weighted by molar-refractivity contribution is 6.30. The van der Waals surface area contributed by atoms with E-state index in [1.54, 1.807) is 26.8 Å². The number of nitrogens with zero attached hydrogens (tertiary/aromatic N) is 4. The van der Waals surface area contributed by atoms with Crippen LogP contribution >= 0.6 is 11.6 Å². The van der Waals surface area contributed by atoms with Gasteiger partial charge >= 0.3 is 6.09 Å². The lowest BCUT2D eigenvalue weighted by Gasteiger charge is -2.19. The van der Waals surface area contributed by atoms with Gasteiger partial charge < -0.3 is 10.1 Å². The maximum absolute atomic E-state index is 13.2. The number of carbonyl (C=O) groups is 1. The van der Waals surface area contributed by atoms with Gasteiger partial charge in [0, 0.05) is 0 Å². The van der Waals surface area contributed by atoms with Gasteiger partial charge in [0.15, 0.2) is 5.82 Å². The Bertz CT molecular complexity index is 699. The van der Waals surface area contributed by atoms with Crippen molar-refractivity contribution in [2.75, 3.05) is 0 Å². The summed E-state index contributed by atoms with van der Waals surface area (Å²) in [7, 11) is 0. The first kappa shape index (κ1) is 17.1. The summed E-state index contributed by atoms with van der Waals surface area (Å²) >= 11 is 5.75. The third kappa shape index (κ3) is 5.17. The zero-order valence-corrected chi connectivity index (χ0v) is 13.8. The molecule has 1 N–H and O–H groups in total. The van der Waals surface area contributed by atoms with Crippen LogP contribution in [0.15, 0.2) is 18.2 Å². The van der Waals surface area contributed by atoms with Crippen LogP contribution in [0.2, 0.25) is 5.02 Å². The fourth-order valence-electron chi connectivity index (χ4n) is 1.75. The van der Waals surface area contributed by atoms with Crippen LogP contribution in [0.25, 0.3) is 0 Å². The van der Waals surface area contributed by atoms with Gasteiger partial charge in [-0.2, -0.15) is 0 Å². The highest BCUT2D eigenvalue weighted by Gasteiger charge is 2.17. The Kier molecular flexibility index (Phi) is 5.15. The molecule has 9 heteroatoms. The molecule has 0 saturated carbocycles. The Morgan fingerprint density at radius 1 is 1.43 bits per heavy atom. The van der Waals surface area contributed by atoms with Crippen molar-refractivity contribution in [3.05, 3.63) is 40.4 Å². The molecule has 2 aromatic rings. The highest BCUT2D eigenvalue weighted by atomic mass is 35.5. The number of hydrogen-bond donors (Lipinski definition) is 1.